The van der Waals surface area contributed by atoms with Crippen LogP contribution in [0.2, 0.25) is 0 Å². The zero-order valence-electron chi connectivity index (χ0n) is 33.6. The van der Waals surface area contributed by atoms with Crippen molar-refractivity contribution in [2.45, 2.75) is 117 Å². The molecule has 0 aliphatic rings. The van der Waals surface area contributed by atoms with E-state index in [4.69, 9.17) is 5.10 Å². The lowest BCUT2D eigenvalue weighted by molar-refractivity contribution is 0.600. The minimum absolute atomic E-state index is 0.665. The fourth-order valence-electron chi connectivity index (χ4n) is 8.65. The number of aryl methyl sites for hydroxylation is 3. The molecular formula is C51H60N4. The Hall–Kier alpha value is -5.09. The summed E-state index contributed by atoms with van der Waals surface area (Å²) in [6.45, 7) is 13.6. The molecule has 2 heterocycles. The van der Waals surface area contributed by atoms with E-state index in [2.05, 4.69) is 151 Å². The van der Waals surface area contributed by atoms with Crippen molar-refractivity contribution in [1.29, 1.82) is 0 Å². The number of nitrogens with zero attached hydrogens (tertiary/aromatic N) is 4. The highest BCUT2D eigenvalue weighted by molar-refractivity contribution is 6.27. The first-order valence-corrected chi connectivity index (χ1v) is 21.2. The summed E-state index contributed by atoms with van der Waals surface area (Å²) in [6.07, 6.45) is 18.7. The molecule has 0 saturated carbocycles. The van der Waals surface area contributed by atoms with Gasteiger partial charge in [0.05, 0.1) is 29.5 Å². The zero-order valence-corrected chi connectivity index (χ0v) is 33.6. The topological polar surface area (TPSA) is 25.5 Å². The number of hydrogen-bond donors (Lipinski definition) is 0. The van der Waals surface area contributed by atoms with Gasteiger partial charge in [0.1, 0.15) is 0 Å². The minimum Gasteiger partial charge on any atom is -0.340 e. The normalized spacial score (nSPS) is 11.9. The van der Waals surface area contributed by atoms with E-state index in [1.165, 1.54) is 125 Å². The molecule has 0 saturated heterocycles. The molecule has 7 rings (SSSR count). The third-order valence-electron chi connectivity index (χ3n) is 11.5. The Morgan fingerprint density at radius 1 is 0.582 bits per heavy atom. The lowest BCUT2D eigenvalue weighted by atomic mass is 9.94. The van der Waals surface area contributed by atoms with Gasteiger partial charge in [0.2, 0.25) is 0 Å². The molecule has 284 valence electrons. The van der Waals surface area contributed by atoms with E-state index < -0.39 is 0 Å². The van der Waals surface area contributed by atoms with Gasteiger partial charge >= 0.3 is 0 Å². The van der Waals surface area contributed by atoms with Crippen LogP contribution in [-0.4, -0.2) is 15.3 Å². The van der Waals surface area contributed by atoms with Gasteiger partial charge in [0, 0.05) is 51.2 Å². The van der Waals surface area contributed by atoms with Crippen LogP contribution < -0.4 is 5.01 Å². The van der Waals surface area contributed by atoms with Crippen LogP contribution in [0.15, 0.2) is 115 Å². The molecule has 4 heteroatoms. The second kappa shape index (κ2) is 18.5. The molecule has 0 radical (unpaired) electrons. The minimum atomic E-state index is 0.665. The zero-order chi connectivity index (χ0) is 38.0. The number of benzene rings is 5. The van der Waals surface area contributed by atoms with Crippen molar-refractivity contribution in [3.05, 3.63) is 132 Å². The van der Waals surface area contributed by atoms with Gasteiger partial charge < -0.3 is 9.13 Å². The Morgan fingerprint density at radius 2 is 1.15 bits per heavy atom. The molecule has 2 aromatic heterocycles. The average Bonchev–Trinajstić information content (AvgIpc) is 3.74. The fourth-order valence-corrected chi connectivity index (χ4v) is 8.65. The van der Waals surface area contributed by atoms with Crippen LogP contribution in [0.4, 0.5) is 5.69 Å². The van der Waals surface area contributed by atoms with E-state index in [1.807, 2.05) is 6.08 Å². The summed E-state index contributed by atoms with van der Waals surface area (Å²) < 4.78 is 5.36. The van der Waals surface area contributed by atoms with E-state index in [0.29, 0.717) is 6.54 Å². The molecule has 0 fully saturated rings. The van der Waals surface area contributed by atoms with Crippen LogP contribution in [0, 0.1) is 0 Å². The van der Waals surface area contributed by atoms with Crippen LogP contribution >= 0.6 is 0 Å². The summed E-state index contributed by atoms with van der Waals surface area (Å²) in [5.74, 6) is 0. The molecule has 5 aromatic carbocycles. The van der Waals surface area contributed by atoms with Gasteiger partial charge in [-0.2, -0.15) is 5.10 Å². The van der Waals surface area contributed by atoms with Crippen LogP contribution in [-0.2, 0) is 26.1 Å². The highest BCUT2D eigenvalue weighted by Gasteiger charge is 2.26. The molecule has 7 aromatic rings. The third kappa shape index (κ3) is 8.15. The van der Waals surface area contributed by atoms with E-state index in [9.17, 15) is 0 Å². The number of para-hydroxylation sites is 3. The van der Waals surface area contributed by atoms with Crippen molar-refractivity contribution < 1.29 is 0 Å². The number of fused-ring (bicyclic) bond motifs is 6. The number of hydrogen-bond acceptors (Lipinski definition) is 2. The Balaban J connectivity index is 1.54. The summed E-state index contributed by atoms with van der Waals surface area (Å²) in [6, 6.07) is 37.7. The Bertz CT molecular complexity index is 2350. The second-order valence-electron chi connectivity index (χ2n) is 15.3. The van der Waals surface area contributed by atoms with Gasteiger partial charge in [-0.15, -0.1) is 0 Å². The molecule has 0 spiro atoms. The summed E-state index contributed by atoms with van der Waals surface area (Å²) >= 11 is 0. The maximum Gasteiger partial charge on any atom is 0.0666 e. The molecule has 0 atom stereocenters. The number of anilines is 1. The van der Waals surface area contributed by atoms with E-state index in [0.717, 1.165) is 37.2 Å². The van der Waals surface area contributed by atoms with Gasteiger partial charge in [-0.1, -0.05) is 164 Å². The summed E-state index contributed by atoms with van der Waals surface area (Å²) in [4.78, 5) is 0. The van der Waals surface area contributed by atoms with E-state index in [-0.39, 0.29) is 0 Å². The molecule has 0 aliphatic carbocycles. The van der Waals surface area contributed by atoms with Crippen LogP contribution in [0.1, 0.15) is 114 Å². The molecule has 0 unspecified atom stereocenters. The van der Waals surface area contributed by atoms with Crippen molar-refractivity contribution in [3.8, 4) is 0 Å². The maximum atomic E-state index is 5.50. The van der Waals surface area contributed by atoms with Crippen molar-refractivity contribution in [2.75, 3.05) is 5.01 Å². The van der Waals surface area contributed by atoms with Gasteiger partial charge in [0.15, 0.2) is 0 Å². The maximum absolute atomic E-state index is 5.50. The molecule has 0 aliphatic heterocycles. The number of unbranched alkanes of at least 4 members (excludes halogenated alkanes) is 8. The quantitative estimate of drug-likeness (QED) is 0.0436. The predicted molar refractivity (Wildman–Crippen MR) is 241 cm³/mol. The molecular weight excluding hydrogens is 669 g/mol. The van der Waals surface area contributed by atoms with Gasteiger partial charge in [-0.3, -0.25) is 5.01 Å². The van der Waals surface area contributed by atoms with Crippen molar-refractivity contribution in [3.63, 3.8) is 0 Å². The first-order chi connectivity index (χ1) is 27.2. The largest absolute Gasteiger partial charge is 0.340 e. The Kier molecular flexibility index (Phi) is 12.8. The predicted octanol–water partition coefficient (Wildman–Crippen LogP) is 14.5. The first kappa shape index (κ1) is 38.2. The third-order valence-corrected chi connectivity index (χ3v) is 11.5. The summed E-state index contributed by atoms with van der Waals surface area (Å²) in [5.41, 5.74) is 11.6. The van der Waals surface area contributed by atoms with Crippen molar-refractivity contribution in [1.82, 2.24) is 9.13 Å². The lowest BCUT2D eigenvalue weighted by Gasteiger charge is -2.20. The second-order valence-corrected chi connectivity index (χ2v) is 15.3. The summed E-state index contributed by atoms with van der Waals surface area (Å²) in [5, 5.41) is 13.2. The Morgan fingerprint density at radius 3 is 1.76 bits per heavy atom. The SMILES string of the molecule is C=Cc1ccc(CN(/N=C/c2c3c4ccccc4n(CCCCCC)c3c(CCCCC)c3c4ccccc4n(CCCCCC)c23)c2ccccc2)cc1. The Labute approximate surface area is 329 Å². The highest BCUT2D eigenvalue weighted by Crippen LogP contribution is 2.44. The molecule has 0 N–H and O–H groups in total. The number of hydrazone groups is 1. The van der Waals surface area contributed by atoms with E-state index in [1.54, 1.807) is 0 Å². The fraction of sp³-hybridized carbons (Fsp3) is 0.353. The number of aromatic nitrogens is 2. The standard InChI is InChI=1S/C51H60N4/c1-5-9-12-22-35-53-47-30-21-19-27-43(47)49-45(37-52-55(41-24-16-14-17-25-41)38-40-33-31-39(8-4)32-34-40)51-48(44(50(49)53)28-15-11-7-3)42-26-18-20-29-46(42)54(51)36-23-13-10-6-2/h8,14,16-21,24-27,29-34,37H,4-7,9-13,15,22-23,28,35-36,38H2,1-3H3/b52-37+. The number of rotatable bonds is 20. The van der Waals surface area contributed by atoms with Crippen LogP contribution in [0.3, 0.4) is 0 Å². The monoisotopic (exact) mass is 728 g/mol. The van der Waals surface area contributed by atoms with Crippen molar-refractivity contribution >= 4 is 61.6 Å². The molecule has 4 nitrogen and oxygen atoms in total. The smallest absolute Gasteiger partial charge is 0.0666 e. The van der Waals surface area contributed by atoms with Gasteiger partial charge in [-0.25, -0.2) is 0 Å². The lowest BCUT2D eigenvalue weighted by Crippen LogP contribution is -2.16. The van der Waals surface area contributed by atoms with Crippen LogP contribution in [0.25, 0.3) is 49.7 Å². The molecule has 0 amide bonds. The highest BCUT2D eigenvalue weighted by atomic mass is 15.4. The van der Waals surface area contributed by atoms with E-state index >= 15 is 0 Å². The first-order valence-electron chi connectivity index (χ1n) is 21.2. The molecule has 0 bridgehead atoms. The molecule has 55 heavy (non-hydrogen) atoms. The van der Waals surface area contributed by atoms with Gasteiger partial charge in [0.25, 0.3) is 0 Å². The summed E-state index contributed by atoms with van der Waals surface area (Å²) in [7, 11) is 0. The van der Waals surface area contributed by atoms with Crippen molar-refractivity contribution in [2.24, 2.45) is 5.10 Å². The van der Waals surface area contributed by atoms with Crippen LogP contribution in [0.5, 0.6) is 0 Å². The van der Waals surface area contributed by atoms with Gasteiger partial charge in [-0.05, 0) is 66.6 Å². The average molecular weight is 729 g/mol.